The molecule has 5 heteroatoms. The number of hydrogen-bond acceptors (Lipinski definition) is 3. The normalized spacial score (nSPS) is 22.0. The standard InChI is InChI=1S/C16H28N4O/c1-3-7-17-16(21)20-13-11-19(12-14-20)15-5-9-18(8-4-2)10-6-15/h1,15H,4-14H2,2H3,(H,17,21). The molecule has 0 aromatic rings. The fraction of sp³-hybridized carbons (Fsp3) is 0.812. The number of carbonyl (C=O) groups excluding carboxylic acids is 1. The number of terminal acetylenes is 1. The van der Waals surface area contributed by atoms with Crippen molar-refractivity contribution in [3.63, 3.8) is 0 Å². The van der Waals surface area contributed by atoms with Crippen LogP contribution in [-0.4, -0.2) is 79.1 Å². The van der Waals surface area contributed by atoms with Crippen LogP contribution in [0, 0.1) is 12.3 Å². The van der Waals surface area contributed by atoms with Gasteiger partial charge in [0, 0.05) is 32.2 Å². The van der Waals surface area contributed by atoms with E-state index in [1.165, 1.54) is 38.9 Å². The molecule has 2 saturated heterocycles. The highest BCUT2D eigenvalue weighted by atomic mass is 16.2. The van der Waals surface area contributed by atoms with Crippen LogP contribution in [0.25, 0.3) is 0 Å². The average Bonchev–Trinajstić information content (AvgIpc) is 2.54. The Labute approximate surface area is 128 Å². The van der Waals surface area contributed by atoms with E-state index in [2.05, 4.69) is 28.0 Å². The lowest BCUT2D eigenvalue weighted by Crippen LogP contribution is -2.56. The van der Waals surface area contributed by atoms with Crippen molar-refractivity contribution in [3.05, 3.63) is 0 Å². The third-order valence-corrected chi connectivity index (χ3v) is 4.56. The highest BCUT2D eigenvalue weighted by Gasteiger charge is 2.28. The van der Waals surface area contributed by atoms with Crippen LogP contribution in [0.5, 0.6) is 0 Å². The van der Waals surface area contributed by atoms with Gasteiger partial charge in [0.1, 0.15) is 0 Å². The Hall–Kier alpha value is -1.25. The Balaban J connectivity index is 1.70. The van der Waals surface area contributed by atoms with E-state index in [9.17, 15) is 4.79 Å². The molecule has 0 saturated carbocycles. The minimum atomic E-state index is -0.0228. The summed E-state index contributed by atoms with van der Waals surface area (Å²) in [5, 5.41) is 2.74. The molecule has 5 nitrogen and oxygen atoms in total. The fourth-order valence-corrected chi connectivity index (χ4v) is 3.35. The summed E-state index contributed by atoms with van der Waals surface area (Å²) < 4.78 is 0. The Bertz CT molecular complexity index is 363. The highest BCUT2D eigenvalue weighted by Crippen LogP contribution is 2.18. The molecule has 0 aromatic carbocycles. The summed E-state index contributed by atoms with van der Waals surface area (Å²) in [4.78, 5) is 18.9. The minimum Gasteiger partial charge on any atom is -0.327 e. The van der Waals surface area contributed by atoms with E-state index in [0.717, 1.165) is 26.2 Å². The van der Waals surface area contributed by atoms with Crippen molar-refractivity contribution in [2.75, 3.05) is 52.4 Å². The van der Waals surface area contributed by atoms with Gasteiger partial charge < -0.3 is 15.1 Å². The average molecular weight is 292 g/mol. The molecule has 2 rings (SSSR count). The lowest BCUT2D eigenvalue weighted by Gasteiger charge is -2.42. The topological polar surface area (TPSA) is 38.8 Å². The second-order valence-corrected chi connectivity index (χ2v) is 5.96. The Morgan fingerprint density at radius 2 is 1.86 bits per heavy atom. The maximum Gasteiger partial charge on any atom is 0.318 e. The molecule has 0 unspecified atom stereocenters. The Morgan fingerprint density at radius 3 is 2.43 bits per heavy atom. The molecule has 0 aliphatic carbocycles. The monoisotopic (exact) mass is 292 g/mol. The molecule has 0 aromatic heterocycles. The molecule has 118 valence electrons. The van der Waals surface area contributed by atoms with Crippen LogP contribution in [0.15, 0.2) is 0 Å². The van der Waals surface area contributed by atoms with Gasteiger partial charge in [-0.25, -0.2) is 4.79 Å². The Kier molecular flexibility index (Phi) is 6.34. The molecule has 0 atom stereocenters. The van der Waals surface area contributed by atoms with Crippen molar-refractivity contribution in [1.82, 2.24) is 20.0 Å². The fourth-order valence-electron chi connectivity index (χ4n) is 3.35. The number of urea groups is 1. The summed E-state index contributed by atoms with van der Waals surface area (Å²) in [5.74, 6) is 2.44. The van der Waals surface area contributed by atoms with Crippen molar-refractivity contribution >= 4 is 6.03 Å². The smallest absolute Gasteiger partial charge is 0.318 e. The van der Waals surface area contributed by atoms with Gasteiger partial charge in [-0.3, -0.25) is 4.90 Å². The zero-order valence-electron chi connectivity index (χ0n) is 13.2. The van der Waals surface area contributed by atoms with Crippen molar-refractivity contribution in [3.8, 4) is 12.3 Å². The lowest BCUT2D eigenvalue weighted by molar-refractivity contribution is 0.0690. The van der Waals surface area contributed by atoms with Crippen LogP contribution in [-0.2, 0) is 0 Å². The number of nitrogens with one attached hydrogen (secondary N) is 1. The second kappa shape index (κ2) is 8.26. The summed E-state index contributed by atoms with van der Waals surface area (Å²) in [5.41, 5.74) is 0. The van der Waals surface area contributed by atoms with Crippen molar-refractivity contribution in [1.29, 1.82) is 0 Å². The number of amides is 2. The van der Waals surface area contributed by atoms with E-state index in [0.29, 0.717) is 12.6 Å². The molecule has 0 bridgehead atoms. The van der Waals surface area contributed by atoms with Gasteiger partial charge in [-0.2, -0.15) is 0 Å². The molecule has 2 heterocycles. The van der Waals surface area contributed by atoms with E-state index < -0.39 is 0 Å². The second-order valence-electron chi connectivity index (χ2n) is 5.96. The van der Waals surface area contributed by atoms with Gasteiger partial charge in [0.15, 0.2) is 0 Å². The van der Waals surface area contributed by atoms with E-state index >= 15 is 0 Å². The molecule has 2 aliphatic heterocycles. The van der Waals surface area contributed by atoms with Gasteiger partial charge in [0.2, 0.25) is 0 Å². The van der Waals surface area contributed by atoms with Crippen molar-refractivity contribution in [2.45, 2.75) is 32.2 Å². The summed E-state index contributed by atoms with van der Waals surface area (Å²) >= 11 is 0. The van der Waals surface area contributed by atoms with Gasteiger partial charge in [-0.15, -0.1) is 6.42 Å². The van der Waals surface area contributed by atoms with Crippen LogP contribution in [0.3, 0.4) is 0 Å². The molecular weight excluding hydrogens is 264 g/mol. The Morgan fingerprint density at radius 1 is 1.19 bits per heavy atom. The van der Waals surface area contributed by atoms with Crippen LogP contribution in [0.2, 0.25) is 0 Å². The summed E-state index contributed by atoms with van der Waals surface area (Å²) in [7, 11) is 0. The number of hydrogen-bond donors (Lipinski definition) is 1. The van der Waals surface area contributed by atoms with Crippen LogP contribution >= 0.6 is 0 Å². The number of nitrogens with zero attached hydrogens (tertiary/aromatic N) is 3. The maximum atomic E-state index is 11.8. The molecule has 2 aliphatic rings. The summed E-state index contributed by atoms with van der Waals surface area (Å²) in [6.07, 6.45) is 8.94. The first kappa shape index (κ1) is 16.1. The van der Waals surface area contributed by atoms with Crippen LogP contribution in [0.4, 0.5) is 4.79 Å². The van der Waals surface area contributed by atoms with Crippen molar-refractivity contribution in [2.24, 2.45) is 0 Å². The number of carbonyl (C=O) groups is 1. The van der Waals surface area contributed by atoms with Crippen LogP contribution in [0.1, 0.15) is 26.2 Å². The number of rotatable bonds is 4. The number of likely N-dealkylation sites (tertiary alicyclic amines) is 1. The van der Waals surface area contributed by atoms with Gasteiger partial charge in [-0.1, -0.05) is 12.8 Å². The summed E-state index contributed by atoms with van der Waals surface area (Å²) in [6.45, 7) is 9.84. The molecule has 2 amide bonds. The molecule has 0 radical (unpaired) electrons. The van der Waals surface area contributed by atoms with Gasteiger partial charge >= 0.3 is 6.03 Å². The van der Waals surface area contributed by atoms with Gasteiger partial charge in [-0.05, 0) is 38.9 Å². The third-order valence-electron chi connectivity index (χ3n) is 4.56. The molecule has 21 heavy (non-hydrogen) atoms. The van der Waals surface area contributed by atoms with E-state index in [1.807, 2.05) is 4.90 Å². The first-order valence-corrected chi connectivity index (χ1v) is 8.17. The van der Waals surface area contributed by atoms with Crippen LogP contribution < -0.4 is 5.32 Å². The predicted molar refractivity (Wildman–Crippen MR) is 85.1 cm³/mol. The quantitative estimate of drug-likeness (QED) is 0.780. The van der Waals surface area contributed by atoms with Crippen molar-refractivity contribution < 1.29 is 4.79 Å². The highest BCUT2D eigenvalue weighted by molar-refractivity contribution is 5.74. The minimum absolute atomic E-state index is 0.0228. The SMILES string of the molecule is C#CCNC(=O)N1CCN(C2CCN(CCC)CC2)CC1. The maximum absolute atomic E-state index is 11.8. The first-order valence-electron chi connectivity index (χ1n) is 8.17. The zero-order chi connectivity index (χ0) is 15.1. The summed E-state index contributed by atoms with van der Waals surface area (Å²) in [6, 6.07) is 0.680. The molecular formula is C16H28N4O. The van der Waals surface area contributed by atoms with E-state index in [1.54, 1.807) is 0 Å². The first-order chi connectivity index (χ1) is 10.2. The lowest BCUT2D eigenvalue weighted by atomic mass is 10.0. The largest absolute Gasteiger partial charge is 0.327 e. The molecule has 1 N–H and O–H groups in total. The van der Waals surface area contributed by atoms with Gasteiger partial charge in [0.25, 0.3) is 0 Å². The third kappa shape index (κ3) is 4.62. The predicted octanol–water partition coefficient (Wildman–Crippen LogP) is 0.821. The zero-order valence-corrected chi connectivity index (χ0v) is 13.2. The number of piperazine rings is 1. The van der Waals surface area contributed by atoms with E-state index in [-0.39, 0.29) is 6.03 Å². The number of piperidine rings is 1. The van der Waals surface area contributed by atoms with Gasteiger partial charge in [0.05, 0.1) is 6.54 Å². The van der Waals surface area contributed by atoms with E-state index in [4.69, 9.17) is 6.42 Å². The molecule has 0 spiro atoms. The molecule has 2 fully saturated rings.